The van der Waals surface area contributed by atoms with Crippen LogP contribution in [-0.4, -0.2) is 34.2 Å². The minimum Gasteiger partial charge on any atom is -0.479 e. The van der Waals surface area contributed by atoms with Crippen molar-refractivity contribution < 1.29 is 19.4 Å². The molecule has 1 aromatic carbocycles. The standard InChI is InChI=1S/C15H17NO4/c17-13(18)15-8-6-12(15)7-9-16(15)14(19)20-10-11-4-2-1-3-5-11/h1-5,12H,6-10H2,(H,17,18)/t12-,15-/m0/s1. The van der Waals surface area contributed by atoms with Crippen molar-refractivity contribution in [1.29, 1.82) is 0 Å². The van der Waals surface area contributed by atoms with E-state index >= 15 is 0 Å². The number of hydrogen-bond acceptors (Lipinski definition) is 3. The van der Waals surface area contributed by atoms with Crippen molar-refractivity contribution in [1.82, 2.24) is 4.90 Å². The fourth-order valence-electron chi connectivity index (χ4n) is 3.29. The van der Waals surface area contributed by atoms with Crippen LogP contribution in [0, 0.1) is 5.92 Å². The molecule has 0 radical (unpaired) electrons. The van der Waals surface area contributed by atoms with Crippen LogP contribution in [-0.2, 0) is 16.1 Å². The number of benzene rings is 1. The van der Waals surface area contributed by atoms with Crippen LogP contribution in [0.2, 0.25) is 0 Å². The minimum absolute atomic E-state index is 0.0873. The average Bonchev–Trinajstić information content (AvgIpc) is 2.69. The van der Waals surface area contributed by atoms with Gasteiger partial charge in [0.15, 0.2) is 0 Å². The molecule has 0 bridgehead atoms. The molecule has 1 amide bonds. The summed E-state index contributed by atoms with van der Waals surface area (Å²) in [6, 6.07) is 9.39. The molecule has 20 heavy (non-hydrogen) atoms. The predicted molar refractivity (Wildman–Crippen MR) is 71.0 cm³/mol. The van der Waals surface area contributed by atoms with Crippen LogP contribution in [0.15, 0.2) is 30.3 Å². The van der Waals surface area contributed by atoms with Gasteiger partial charge in [-0.25, -0.2) is 9.59 Å². The predicted octanol–water partition coefficient (Wildman–Crippen LogP) is 2.26. The molecule has 1 aliphatic carbocycles. The SMILES string of the molecule is O=C(OCc1ccccc1)N1CC[C@@H]2CC[C@@]21C(=O)O. The van der Waals surface area contributed by atoms with Crippen LogP contribution < -0.4 is 0 Å². The van der Waals surface area contributed by atoms with Crippen LogP contribution >= 0.6 is 0 Å². The quantitative estimate of drug-likeness (QED) is 0.918. The summed E-state index contributed by atoms with van der Waals surface area (Å²) in [5, 5.41) is 9.45. The number of hydrogen-bond donors (Lipinski definition) is 1. The van der Waals surface area contributed by atoms with Crippen molar-refractivity contribution in [2.24, 2.45) is 5.92 Å². The van der Waals surface area contributed by atoms with E-state index in [1.807, 2.05) is 30.3 Å². The first-order valence-electron chi connectivity index (χ1n) is 6.86. The number of nitrogens with zero attached hydrogens (tertiary/aromatic N) is 1. The molecule has 2 atom stereocenters. The largest absolute Gasteiger partial charge is 0.479 e. The molecule has 1 aromatic rings. The number of carbonyl (C=O) groups excluding carboxylic acids is 1. The number of carbonyl (C=O) groups is 2. The first-order chi connectivity index (χ1) is 9.64. The first kappa shape index (κ1) is 13.0. The number of carboxylic acids is 1. The van der Waals surface area contributed by atoms with E-state index in [4.69, 9.17) is 4.74 Å². The highest BCUT2D eigenvalue weighted by Gasteiger charge is 2.62. The van der Waals surface area contributed by atoms with Gasteiger partial charge in [-0.15, -0.1) is 0 Å². The molecule has 1 N–H and O–H groups in total. The molecular formula is C15H17NO4. The van der Waals surface area contributed by atoms with Crippen molar-refractivity contribution >= 4 is 12.1 Å². The monoisotopic (exact) mass is 275 g/mol. The van der Waals surface area contributed by atoms with Gasteiger partial charge in [-0.2, -0.15) is 0 Å². The zero-order chi connectivity index (χ0) is 14.2. The minimum atomic E-state index is -1.01. The summed E-state index contributed by atoms with van der Waals surface area (Å²) >= 11 is 0. The van der Waals surface area contributed by atoms with Gasteiger partial charge in [0.2, 0.25) is 0 Å². The second-order valence-electron chi connectivity index (χ2n) is 5.45. The third kappa shape index (κ3) is 1.85. The Labute approximate surface area is 117 Å². The number of fused-ring (bicyclic) bond motifs is 1. The van der Waals surface area contributed by atoms with Crippen molar-refractivity contribution in [2.45, 2.75) is 31.4 Å². The summed E-state index contributed by atoms with van der Waals surface area (Å²) in [4.78, 5) is 25.1. The van der Waals surface area contributed by atoms with Gasteiger partial charge in [0.1, 0.15) is 12.1 Å². The summed E-state index contributed by atoms with van der Waals surface area (Å²) in [5.74, 6) is -0.813. The van der Waals surface area contributed by atoms with Crippen LogP contribution in [0.4, 0.5) is 4.79 Å². The summed E-state index contributed by atoms with van der Waals surface area (Å²) in [6.07, 6.45) is 1.66. The third-order valence-corrected chi connectivity index (χ3v) is 4.53. The number of rotatable bonds is 3. The fourth-order valence-corrected chi connectivity index (χ4v) is 3.29. The summed E-state index contributed by atoms with van der Waals surface area (Å²) in [7, 11) is 0. The lowest BCUT2D eigenvalue weighted by atomic mass is 9.67. The maximum absolute atomic E-state index is 12.2. The maximum Gasteiger partial charge on any atom is 0.411 e. The molecule has 0 unspecified atom stereocenters. The summed E-state index contributed by atoms with van der Waals surface area (Å²) in [5.41, 5.74) is -0.108. The number of ether oxygens (including phenoxy) is 1. The number of carboxylic acid groups (broad SMARTS) is 1. The molecule has 5 heteroatoms. The zero-order valence-electron chi connectivity index (χ0n) is 11.1. The summed E-state index contributed by atoms with van der Waals surface area (Å²) in [6.45, 7) is 0.654. The van der Waals surface area contributed by atoms with Gasteiger partial charge in [-0.05, 0) is 30.7 Å². The second-order valence-corrected chi connectivity index (χ2v) is 5.45. The molecule has 5 nitrogen and oxygen atoms in total. The van der Waals surface area contributed by atoms with Crippen molar-refractivity contribution in [3.63, 3.8) is 0 Å². The van der Waals surface area contributed by atoms with Crippen LogP contribution in [0.5, 0.6) is 0 Å². The maximum atomic E-state index is 12.2. The molecular weight excluding hydrogens is 258 g/mol. The van der Waals surface area contributed by atoms with Gasteiger partial charge < -0.3 is 9.84 Å². The molecule has 1 heterocycles. The van der Waals surface area contributed by atoms with E-state index in [0.717, 1.165) is 18.4 Å². The molecule has 2 aliphatic rings. The Morgan fingerprint density at radius 1 is 1.30 bits per heavy atom. The van der Waals surface area contributed by atoms with Crippen molar-refractivity contribution in [3.05, 3.63) is 35.9 Å². The average molecular weight is 275 g/mol. The van der Waals surface area contributed by atoms with Gasteiger partial charge >= 0.3 is 12.1 Å². The van der Waals surface area contributed by atoms with Crippen molar-refractivity contribution in [2.75, 3.05) is 6.54 Å². The Kier molecular flexibility index (Phi) is 3.12. The lowest BCUT2D eigenvalue weighted by Crippen LogP contribution is -2.61. The molecule has 0 aromatic heterocycles. The normalized spacial score (nSPS) is 27.6. The van der Waals surface area contributed by atoms with Crippen LogP contribution in [0.3, 0.4) is 0 Å². The Morgan fingerprint density at radius 2 is 2.05 bits per heavy atom. The number of amides is 1. The van der Waals surface area contributed by atoms with E-state index in [-0.39, 0.29) is 12.5 Å². The highest BCUT2D eigenvalue weighted by molar-refractivity contribution is 5.86. The van der Waals surface area contributed by atoms with Gasteiger partial charge in [0.25, 0.3) is 0 Å². The Bertz CT molecular complexity index is 530. The first-order valence-corrected chi connectivity index (χ1v) is 6.86. The highest BCUT2D eigenvalue weighted by atomic mass is 16.6. The molecule has 0 spiro atoms. The Hall–Kier alpha value is -2.04. The van der Waals surface area contributed by atoms with E-state index < -0.39 is 17.6 Å². The lowest BCUT2D eigenvalue weighted by molar-refractivity contribution is -0.157. The Morgan fingerprint density at radius 3 is 2.65 bits per heavy atom. The number of aliphatic carboxylic acids is 1. The van der Waals surface area contributed by atoms with Gasteiger partial charge in [-0.1, -0.05) is 30.3 Å². The molecule has 1 saturated heterocycles. The molecule has 1 aliphatic heterocycles. The van der Waals surface area contributed by atoms with E-state index in [9.17, 15) is 14.7 Å². The van der Waals surface area contributed by atoms with E-state index in [0.29, 0.717) is 13.0 Å². The lowest BCUT2D eigenvalue weighted by Gasteiger charge is -2.45. The molecule has 3 rings (SSSR count). The fraction of sp³-hybridized carbons (Fsp3) is 0.467. The smallest absolute Gasteiger partial charge is 0.411 e. The van der Waals surface area contributed by atoms with Crippen molar-refractivity contribution in [3.8, 4) is 0 Å². The topological polar surface area (TPSA) is 66.8 Å². The van der Waals surface area contributed by atoms with E-state index in [1.165, 1.54) is 4.90 Å². The highest BCUT2D eigenvalue weighted by Crippen LogP contribution is 2.50. The van der Waals surface area contributed by atoms with Crippen LogP contribution in [0.1, 0.15) is 24.8 Å². The van der Waals surface area contributed by atoms with Gasteiger partial charge in [0.05, 0.1) is 0 Å². The van der Waals surface area contributed by atoms with E-state index in [1.54, 1.807) is 0 Å². The molecule has 1 saturated carbocycles. The van der Waals surface area contributed by atoms with Crippen LogP contribution in [0.25, 0.3) is 0 Å². The van der Waals surface area contributed by atoms with E-state index in [2.05, 4.69) is 0 Å². The third-order valence-electron chi connectivity index (χ3n) is 4.53. The Balaban J connectivity index is 1.67. The molecule has 2 fully saturated rings. The van der Waals surface area contributed by atoms with Gasteiger partial charge in [0, 0.05) is 6.54 Å². The van der Waals surface area contributed by atoms with Gasteiger partial charge in [-0.3, -0.25) is 4.90 Å². The zero-order valence-corrected chi connectivity index (χ0v) is 11.1. The second kappa shape index (κ2) is 4.81. The summed E-state index contributed by atoms with van der Waals surface area (Å²) < 4.78 is 5.26. The number of likely N-dealkylation sites (tertiary alicyclic amines) is 1. The molecule has 106 valence electrons.